The zero-order chi connectivity index (χ0) is 19.0. The van der Waals surface area contributed by atoms with Crippen molar-refractivity contribution in [3.05, 3.63) is 40.7 Å². The van der Waals surface area contributed by atoms with E-state index in [2.05, 4.69) is 46.4 Å². The number of aryl methyl sites for hydroxylation is 1. The molecule has 7 heteroatoms. The molecule has 27 heavy (non-hydrogen) atoms. The molecule has 1 amide bonds. The lowest BCUT2D eigenvalue weighted by atomic mass is 10.1. The maximum atomic E-state index is 12.8. The summed E-state index contributed by atoms with van der Waals surface area (Å²) >= 11 is 1.38. The highest BCUT2D eigenvalue weighted by atomic mass is 32.1. The van der Waals surface area contributed by atoms with Crippen LogP contribution in [0.1, 0.15) is 60.2 Å². The highest BCUT2D eigenvalue weighted by molar-refractivity contribution is 7.19. The lowest BCUT2D eigenvalue weighted by molar-refractivity contribution is 0.102. The Balaban J connectivity index is 1.52. The number of hydrogen-bond acceptors (Lipinski definition) is 5. The maximum absolute atomic E-state index is 12.8. The lowest BCUT2D eigenvalue weighted by Crippen LogP contribution is -2.29. The molecular formula is C20H25N5OS. The van der Waals surface area contributed by atoms with Crippen molar-refractivity contribution in [2.75, 3.05) is 23.3 Å². The van der Waals surface area contributed by atoms with Gasteiger partial charge in [0.25, 0.3) is 5.91 Å². The summed E-state index contributed by atoms with van der Waals surface area (Å²) in [7, 11) is 0. The van der Waals surface area contributed by atoms with Crippen LogP contribution in [-0.2, 0) is 0 Å². The smallest absolute Gasteiger partial charge is 0.267 e. The second kappa shape index (κ2) is 7.31. The van der Waals surface area contributed by atoms with E-state index in [4.69, 9.17) is 0 Å². The van der Waals surface area contributed by atoms with Crippen LogP contribution in [0.3, 0.4) is 0 Å². The number of nitrogens with one attached hydrogen (secondary N) is 1. The van der Waals surface area contributed by atoms with Gasteiger partial charge in [-0.25, -0.2) is 0 Å². The monoisotopic (exact) mass is 383 g/mol. The molecule has 1 aromatic carbocycles. The van der Waals surface area contributed by atoms with Crippen molar-refractivity contribution in [1.82, 2.24) is 14.6 Å². The van der Waals surface area contributed by atoms with Gasteiger partial charge in [0.15, 0.2) is 0 Å². The topological polar surface area (TPSA) is 62.5 Å². The number of rotatable bonds is 4. The van der Waals surface area contributed by atoms with Gasteiger partial charge in [-0.05, 0) is 50.5 Å². The lowest BCUT2D eigenvalue weighted by Gasteiger charge is -2.28. The quantitative estimate of drug-likeness (QED) is 0.722. The first-order valence-electron chi connectivity index (χ1n) is 9.55. The average molecular weight is 384 g/mol. The number of benzene rings is 1. The van der Waals surface area contributed by atoms with Crippen LogP contribution in [-0.4, -0.2) is 33.6 Å². The third kappa shape index (κ3) is 3.43. The van der Waals surface area contributed by atoms with E-state index < -0.39 is 0 Å². The summed E-state index contributed by atoms with van der Waals surface area (Å²) < 4.78 is 1.99. The van der Waals surface area contributed by atoms with Crippen LogP contribution < -0.4 is 10.2 Å². The van der Waals surface area contributed by atoms with E-state index >= 15 is 0 Å². The number of aromatic nitrogens is 3. The number of hydrogen-bond donors (Lipinski definition) is 1. The summed E-state index contributed by atoms with van der Waals surface area (Å²) in [6, 6.07) is 8.15. The molecule has 4 rings (SSSR count). The molecule has 0 aliphatic carbocycles. The van der Waals surface area contributed by atoms with Crippen molar-refractivity contribution in [1.29, 1.82) is 0 Å². The number of anilines is 2. The molecule has 6 nitrogen and oxygen atoms in total. The molecule has 0 spiro atoms. The maximum Gasteiger partial charge on any atom is 0.267 e. The Labute approximate surface area is 163 Å². The van der Waals surface area contributed by atoms with Gasteiger partial charge in [-0.2, -0.15) is 0 Å². The molecule has 1 aliphatic heterocycles. The van der Waals surface area contributed by atoms with Gasteiger partial charge >= 0.3 is 0 Å². The molecule has 0 atom stereocenters. The molecule has 1 N–H and O–H groups in total. The Kier molecular flexibility index (Phi) is 4.86. The van der Waals surface area contributed by atoms with Gasteiger partial charge in [0.1, 0.15) is 10.7 Å². The number of amides is 1. The number of carbonyl (C=O) groups is 1. The number of nitrogens with zero attached hydrogens (tertiary/aromatic N) is 4. The molecule has 142 valence electrons. The fourth-order valence-corrected chi connectivity index (χ4v) is 4.58. The molecule has 0 bridgehead atoms. The molecule has 1 saturated heterocycles. The second-order valence-electron chi connectivity index (χ2n) is 7.40. The summed E-state index contributed by atoms with van der Waals surface area (Å²) in [5.74, 6) is 1.05. The van der Waals surface area contributed by atoms with E-state index in [1.807, 2.05) is 23.5 Å². The number of piperidine rings is 1. The zero-order valence-electron chi connectivity index (χ0n) is 16.0. The summed E-state index contributed by atoms with van der Waals surface area (Å²) in [5.41, 5.74) is 2.94. The fourth-order valence-electron chi connectivity index (χ4n) is 3.61. The highest BCUT2D eigenvalue weighted by Crippen LogP contribution is 2.27. The van der Waals surface area contributed by atoms with Crippen LogP contribution in [0.15, 0.2) is 24.3 Å². The first-order chi connectivity index (χ1) is 13.0. The van der Waals surface area contributed by atoms with Gasteiger partial charge in [0.05, 0.1) is 0 Å². The minimum Gasteiger partial charge on any atom is -0.372 e. The van der Waals surface area contributed by atoms with Gasteiger partial charge in [-0.15, -0.1) is 10.2 Å². The Bertz CT molecular complexity index is 951. The molecule has 3 heterocycles. The molecule has 1 aliphatic rings. The Hall–Kier alpha value is -2.41. The summed E-state index contributed by atoms with van der Waals surface area (Å²) in [5, 5.41) is 11.5. The predicted molar refractivity (Wildman–Crippen MR) is 110 cm³/mol. The van der Waals surface area contributed by atoms with Crippen LogP contribution >= 0.6 is 11.3 Å². The Morgan fingerprint density at radius 1 is 1.11 bits per heavy atom. The summed E-state index contributed by atoms with van der Waals surface area (Å²) in [6.07, 6.45) is 3.83. The molecule has 3 aromatic rings. The van der Waals surface area contributed by atoms with Crippen molar-refractivity contribution in [3.8, 4) is 0 Å². The largest absolute Gasteiger partial charge is 0.372 e. The van der Waals surface area contributed by atoms with E-state index in [1.54, 1.807) is 0 Å². The summed E-state index contributed by atoms with van der Waals surface area (Å²) in [6.45, 7) is 8.35. The van der Waals surface area contributed by atoms with Gasteiger partial charge < -0.3 is 10.2 Å². The number of thiazole rings is 1. The fraction of sp³-hybridized carbons (Fsp3) is 0.450. The van der Waals surface area contributed by atoms with Crippen LogP contribution in [0.4, 0.5) is 11.4 Å². The third-order valence-electron chi connectivity index (χ3n) is 5.08. The van der Waals surface area contributed by atoms with E-state index in [1.165, 1.54) is 36.3 Å². The third-order valence-corrected chi connectivity index (χ3v) is 6.22. The van der Waals surface area contributed by atoms with Crippen molar-refractivity contribution in [2.24, 2.45) is 0 Å². The van der Waals surface area contributed by atoms with Crippen LogP contribution in [0.25, 0.3) is 4.96 Å². The van der Waals surface area contributed by atoms with Crippen LogP contribution in [0.5, 0.6) is 0 Å². The van der Waals surface area contributed by atoms with E-state index in [-0.39, 0.29) is 11.8 Å². The molecular weight excluding hydrogens is 358 g/mol. The van der Waals surface area contributed by atoms with Crippen molar-refractivity contribution in [2.45, 2.75) is 46.0 Å². The van der Waals surface area contributed by atoms with Gasteiger partial charge in [0, 0.05) is 36.1 Å². The minimum atomic E-state index is -0.0940. The molecule has 0 radical (unpaired) electrons. The second-order valence-corrected chi connectivity index (χ2v) is 8.37. The average Bonchev–Trinajstić information content (AvgIpc) is 3.24. The van der Waals surface area contributed by atoms with Gasteiger partial charge in [-0.1, -0.05) is 25.2 Å². The zero-order valence-corrected chi connectivity index (χ0v) is 16.8. The normalized spacial score (nSPS) is 14.9. The van der Waals surface area contributed by atoms with Crippen molar-refractivity contribution < 1.29 is 4.79 Å². The minimum absolute atomic E-state index is 0.0940. The molecule has 0 unspecified atom stereocenters. The number of fused-ring (bicyclic) bond motifs is 1. The predicted octanol–water partition coefficient (Wildman–Crippen LogP) is 4.47. The van der Waals surface area contributed by atoms with Crippen LogP contribution in [0, 0.1) is 6.92 Å². The summed E-state index contributed by atoms with van der Waals surface area (Å²) in [4.78, 5) is 16.7. The van der Waals surface area contributed by atoms with Crippen molar-refractivity contribution in [3.63, 3.8) is 0 Å². The standard InChI is InChI=1S/C20H25N5OS/c1-13(2)18-22-23-20-25(18)14(3)17(27-20)19(26)21-15-7-9-16(10-8-15)24-11-5-4-6-12-24/h7-10,13H,4-6,11-12H2,1-3H3,(H,21,26). The Morgan fingerprint density at radius 3 is 2.48 bits per heavy atom. The van der Waals surface area contributed by atoms with E-state index in [0.29, 0.717) is 4.88 Å². The highest BCUT2D eigenvalue weighted by Gasteiger charge is 2.21. The van der Waals surface area contributed by atoms with Gasteiger partial charge in [0.2, 0.25) is 4.96 Å². The van der Waals surface area contributed by atoms with Crippen LogP contribution in [0.2, 0.25) is 0 Å². The first kappa shape index (κ1) is 18.0. The molecule has 2 aromatic heterocycles. The number of carbonyl (C=O) groups excluding carboxylic acids is 1. The molecule has 1 fully saturated rings. The first-order valence-corrected chi connectivity index (χ1v) is 10.4. The van der Waals surface area contributed by atoms with E-state index in [0.717, 1.165) is 35.3 Å². The van der Waals surface area contributed by atoms with Gasteiger partial charge in [-0.3, -0.25) is 9.20 Å². The van der Waals surface area contributed by atoms with Crippen molar-refractivity contribution >= 4 is 33.6 Å². The Morgan fingerprint density at radius 2 is 1.81 bits per heavy atom. The van der Waals surface area contributed by atoms with E-state index in [9.17, 15) is 4.79 Å². The SMILES string of the molecule is Cc1c(C(=O)Nc2ccc(N3CCCCC3)cc2)sc2nnc(C(C)C)n12. The molecule has 0 saturated carbocycles.